The van der Waals surface area contributed by atoms with Crippen LogP contribution in [0.25, 0.3) is 0 Å². The summed E-state index contributed by atoms with van der Waals surface area (Å²) >= 11 is 0. The lowest BCUT2D eigenvalue weighted by atomic mass is 9.87. The van der Waals surface area contributed by atoms with Crippen LogP contribution < -0.4 is 5.32 Å². The fourth-order valence-electron chi connectivity index (χ4n) is 1.63. The number of methoxy groups -OCH3 is 1. The van der Waals surface area contributed by atoms with Crippen LogP contribution in [0.1, 0.15) is 32.6 Å². The molecule has 1 N–H and O–H groups in total. The lowest BCUT2D eigenvalue weighted by molar-refractivity contribution is 0.161. The van der Waals surface area contributed by atoms with Gasteiger partial charge in [0.15, 0.2) is 0 Å². The van der Waals surface area contributed by atoms with Crippen LogP contribution in [0.15, 0.2) is 0 Å². The molecule has 0 bridgehead atoms. The SMILES string of the molecule is COC(=O)N[C@H]1CC[C@@H](C)CC1. The lowest BCUT2D eigenvalue weighted by Gasteiger charge is -2.26. The summed E-state index contributed by atoms with van der Waals surface area (Å²) < 4.78 is 4.53. The average molecular weight is 171 g/mol. The number of ether oxygens (including phenoxy) is 1. The van der Waals surface area contributed by atoms with Crippen molar-refractivity contribution in [1.82, 2.24) is 5.32 Å². The third kappa shape index (κ3) is 2.72. The molecule has 0 aromatic heterocycles. The van der Waals surface area contributed by atoms with Crippen LogP contribution in [0.5, 0.6) is 0 Å². The zero-order valence-corrected chi connectivity index (χ0v) is 7.80. The molecule has 12 heavy (non-hydrogen) atoms. The van der Waals surface area contributed by atoms with Gasteiger partial charge in [0.1, 0.15) is 0 Å². The molecule has 0 aliphatic heterocycles. The molecule has 1 rings (SSSR count). The maximum Gasteiger partial charge on any atom is 0.407 e. The van der Waals surface area contributed by atoms with Crippen LogP contribution in [-0.4, -0.2) is 19.2 Å². The summed E-state index contributed by atoms with van der Waals surface area (Å²) in [5.74, 6) is 0.820. The molecule has 1 aliphatic carbocycles. The van der Waals surface area contributed by atoms with Crippen molar-refractivity contribution in [3.8, 4) is 0 Å². The first-order valence-electron chi connectivity index (χ1n) is 4.57. The minimum atomic E-state index is -0.297. The molecule has 0 aromatic rings. The monoisotopic (exact) mass is 171 g/mol. The molecule has 1 aliphatic rings. The normalized spacial score (nSPS) is 29.5. The Balaban J connectivity index is 2.21. The molecule has 3 heteroatoms. The van der Waals surface area contributed by atoms with E-state index >= 15 is 0 Å². The Labute approximate surface area is 73.5 Å². The summed E-state index contributed by atoms with van der Waals surface area (Å²) in [5, 5.41) is 2.83. The minimum absolute atomic E-state index is 0.297. The average Bonchev–Trinajstić information content (AvgIpc) is 2.09. The van der Waals surface area contributed by atoms with Crippen molar-refractivity contribution in [2.75, 3.05) is 7.11 Å². The second kappa shape index (κ2) is 4.33. The second-order valence-corrected chi connectivity index (χ2v) is 3.59. The highest BCUT2D eigenvalue weighted by Crippen LogP contribution is 2.23. The summed E-state index contributed by atoms with van der Waals surface area (Å²) in [6.45, 7) is 2.26. The topological polar surface area (TPSA) is 38.3 Å². The Hall–Kier alpha value is -0.730. The van der Waals surface area contributed by atoms with Gasteiger partial charge in [-0.05, 0) is 31.6 Å². The molecule has 0 heterocycles. The van der Waals surface area contributed by atoms with E-state index in [1.54, 1.807) is 0 Å². The highest BCUT2D eigenvalue weighted by molar-refractivity contribution is 5.67. The third-order valence-corrected chi connectivity index (χ3v) is 2.52. The number of carbonyl (C=O) groups excluding carboxylic acids is 1. The van der Waals surface area contributed by atoms with E-state index in [1.807, 2.05) is 0 Å². The van der Waals surface area contributed by atoms with Gasteiger partial charge >= 0.3 is 6.09 Å². The number of carbonyl (C=O) groups is 1. The smallest absolute Gasteiger partial charge is 0.407 e. The lowest BCUT2D eigenvalue weighted by Crippen LogP contribution is -2.37. The van der Waals surface area contributed by atoms with Crippen molar-refractivity contribution in [2.24, 2.45) is 5.92 Å². The fourth-order valence-corrected chi connectivity index (χ4v) is 1.63. The number of hydrogen-bond acceptors (Lipinski definition) is 2. The molecule has 1 amide bonds. The van der Waals surface area contributed by atoms with E-state index in [-0.39, 0.29) is 6.09 Å². The maximum absolute atomic E-state index is 10.8. The van der Waals surface area contributed by atoms with Crippen molar-refractivity contribution >= 4 is 6.09 Å². The molecule has 0 aromatic carbocycles. The van der Waals surface area contributed by atoms with Gasteiger partial charge in [-0.15, -0.1) is 0 Å². The Morgan fingerprint density at radius 3 is 2.42 bits per heavy atom. The molecule has 0 unspecified atom stereocenters. The molecular formula is C9H17NO2. The van der Waals surface area contributed by atoms with Gasteiger partial charge in [0.25, 0.3) is 0 Å². The summed E-state index contributed by atoms with van der Waals surface area (Å²) in [6.07, 6.45) is 4.32. The van der Waals surface area contributed by atoms with Crippen LogP contribution in [0, 0.1) is 5.92 Å². The van der Waals surface area contributed by atoms with E-state index in [1.165, 1.54) is 20.0 Å². The highest BCUT2D eigenvalue weighted by Gasteiger charge is 2.19. The number of nitrogens with one attached hydrogen (secondary N) is 1. The summed E-state index contributed by atoms with van der Waals surface area (Å²) in [7, 11) is 1.40. The van der Waals surface area contributed by atoms with Gasteiger partial charge in [-0.2, -0.15) is 0 Å². The van der Waals surface area contributed by atoms with Gasteiger partial charge in [0, 0.05) is 6.04 Å². The van der Waals surface area contributed by atoms with Crippen molar-refractivity contribution in [3.63, 3.8) is 0 Å². The third-order valence-electron chi connectivity index (χ3n) is 2.52. The largest absolute Gasteiger partial charge is 0.453 e. The molecular weight excluding hydrogens is 154 g/mol. The Morgan fingerprint density at radius 2 is 1.92 bits per heavy atom. The molecule has 1 fully saturated rings. The number of rotatable bonds is 1. The molecule has 0 saturated heterocycles. The standard InChI is InChI=1S/C9H17NO2/c1-7-3-5-8(6-4-7)10-9(11)12-2/h7-8H,3-6H2,1-2H3,(H,10,11)/t7-,8+. The predicted octanol–water partition coefficient (Wildman–Crippen LogP) is 1.92. The first kappa shape index (κ1) is 9.36. The second-order valence-electron chi connectivity index (χ2n) is 3.59. The van der Waals surface area contributed by atoms with E-state index in [2.05, 4.69) is 17.0 Å². The Kier molecular flexibility index (Phi) is 3.38. The number of hydrogen-bond donors (Lipinski definition) is 1. The summed E-state index contributed by atoms with van der Waals surface area (Å²) in [6, 6.07) is 0.341. The van der Waals surface area contributed by atoms with Gasteiger partial charge in [-0.1, -0.05) is 6.92 Å². The van der Waals surface area contributed by atoms with Gasteiger partial charge in [-0.3, -0.25) is 0 Å². The minimum Gasteiger partial charge on any atom is -0.453 e. The zero-order valence-electron chi connectivity index (χ0n) is 7.80. The summed E-state index contributed by atoms with van der Waals surface area (Å²) in [5.41, 5.74) is 0. The Bertz CT molecular complexity index is 151. The van der Waals surface area contributed by atoms with Gasteiger partial charge in [0.05, 0.1) is 7.11 Å². The van der Waals surface area contributed by atoms with Crippen molar-refractivity contribution in [3.05, 3.63) is 0 Å². The maximum atomic E-state index is 10.8. The molecule has 0 atom stereocenters. The van der Waals surface area contributed by atoms with Crippen LogP contribution in [0.4, 0.5) is 4.79 Å². The van der Waals surface area contributed by atoms with Crippen molar-refractivity contribution in [1.29, 1.82) is 0 Å². The quantitative estimate of drug-likeness (QED) is 0.654. The van der Waals surface area contributed by atoms with Crippen LogP contribution in [-0.2, 0) is 4.74 Å². The van der Waals surface area contributed by atoms with Crippen molar-refractivity contribution in [2.45, 2.75) is 38.6 Å². The van der Waals surface area contributed by atoms with E-state index in [4.69, 9.17) is 0 Å². The van der Waals surface area contributed by atoms with Gasteiger partial charge in [-0.25, -0.2) is 4.79 Å². The molecule has 0 radical (unpaired) electrons. The fraction of sp³-hybridized carbons (Fsp3) is 0.889. The van der Waals surface area contributed by atoms with E-state index in [9.17, 15) is 4.79 Å². The summed E-state index contributed by atoms with van der Waals surface area (Å²) in [4.78, 5) is 10.8. The first-order chi connectivity index (χ1) is 5.72. The van der Waals surface area contributed by atoms with Crippen molar-refractivity contribution < 1.29 is 9.53 Å². The highest BCUT2D eigenvalue weighted by atomic mass is 16.5. The van der Waals surface area contributed by atoms with Crippen LogP contribution >= 0.6 is 0 Å². The van der Waals surface area contributed by atoms with Gasteiger partial charge < -0.3 is 10.1 Å². The van der Waals surface area contributed by atoms with E-state index < -0.39 is 0 Å². The number of alkyl carbamates (subject to hydrolysis) is 1. The van der Waals surface area contributed by atoms with E-state index in [0.29, 0.717) is 6.04 Å². The molecule has 70 valence electrons. The predicted molar refractivity (Wildman–Crippen MR) is 47.0 cm³/mol. The van der Waals surface area contributed by atoms with E-state index in [0.717, 1.165) is 18.8 Å². The molecule has 1 saturated carbocycles. The van der Waals surface area contributed by atoms with Gasteiger partial charge in [0.2, 0.25) is 0 Å². The van der Waals surface area contributed by atoms with Crippen LogP contribution in [0.3, 0.4) is 0 Å². The van der Waals surface area contributed by atoms with Crippen LogP contribution in [0.2, 0.25) is 0 Å². The Morgan fingerprint density at radius 1 is 1.33 bits per heavy atom. The first-order valence-corrected chi connectivity index (χ1v) is 4.57. The molecule has 3 nitrogen and oxygen atoms in total. The molecule has 0 spiro atoms. The zero-order chi connectivity index (χ0) is 8.97. The number of amides is 1.